The Balaban J connectivity index is 2.22. The van der Waals surface area contributed by atoms with Gasteiger partial charge in [-0.25, -0.2) is 0 Å². The average Bonchev–Trinajstić information content (AvgIpc) is 2.28. The summed E-state index contributed by atoms with van der Waals surface area (Å²) in [4.78, 5) is 5.34. The third kappa shape index (κ3) is 5.38. The van der Waals surface area contributed by atoms with E-state index in [4.69, 9.17) is 4.84 Å². The van der Waals surface area contributed by atoms with Crippen LogP contribution in [0.3, 0.4) is 0 Å². The minimum atomic E-state index is 0.441. The van der Waals surface area contributed by atoms with Crippen molar-refractivity contribution >= 4 is 5.71 Å². The van der Waals surface area contributed by atoms with Gasteiger partial charge < -0.3 is 4.84 Å². The van der Waals surface area contributed by atoms with Crippen LogP contribution >= 0.6 is 0 Å². The fraction of sp³-hybridized carbons (Fsp3) is 0.800. The van der Waals surface area contributed by atoms with E-state index in [2.05, 4.69) is 32.5 Å². The summed E-state index contributed by atoms with van der Waals surface area (Å²) in [7, 11) is 0. The molecule has 1 saturated carbocycles. The monoisotopic (exact) mass is 237 g/mol. The summed E-state index contributed by atoms with van der Waals surface area (Å²) >= 11 is 0. The first kappa shape index (κ1) is 14.3. The third-order valence-corrected chi connectivity index (χ3v) is 3.63. The van der Waals surface area contributed by atoms with E-state index in [-0.39, 0.29) is 0 Å². The van der Waals surface area contributed by atoms with E-state index < -0.39 is 0 Å². The van der Waals surface area contributed by atoms with Crippen molar-refractivity contribution in [3.63, 3.8) is 0 Å². The largest absolute Gasteiger partial charge is 0.396 e. The van der Waals surface area contributed by atoms with Crippen molar-refractivity contribution in [3.05, 3.63) is 12.7 Å². The van der Waals surface area contributed by atoms with Gasteiger partial charge in [-0.15, -0.1) is 6.58 Å². The maximum Gasteiger partial charge on any atom is 0.117 e. The van der Waals surface area contributed by atoms with E-state index in [0.29, 0.717) is 5.41 Å². The zero-order valence-electron chi connectivity index (χ0n) is 11.7. The highest BCUT2D eigenvalue weighted by Crippen LogP contribution is 2.36. The Bertz CT molecular complexity index is 253. The van der Waals surface area contributed by atoms with Crippen molar-refractivity contribution in [2.45, 2.75) is 59.3 Å². The average molecular weight is 237 g/mol. The van der Waals surface area contributed by atoms with Crippen LogP contribution < -0.4 is 0 Å². The molecule has 2 nitrogen and oxygen atoms in total. The second-order valence-corrected chi connectivity index (χ2v) is 6.06. The molecule has 0 aromatic carbocycles. The molecule has 2 heteroatoms. The first-order valence-corrected chi connectivity index (χ1v) is 6.82. The standard InChI is InChI=1S/C15H27NO/c1-5-6-7-12-17-16-14-10-8-13(9-11-14)15(2,3)4/h5,13H,1,6-12H2,2-4H3. The van der Waals surface area contributed by atoms with Gasteiger partial charge in [0.2, 0.25) is 0 Å². The Morgan fingerprint density at radius 2 is 2.00 bits per heavy atom. The molecule has 1 rings (SSSR count). The summed E-state index contributed by atoms with van der Waals surface area (Å²) in [6.07, 6.45) is 8.70. The quantitative estimate of drug-likeness (QED) is 0.390. The Morgan fingerprint density at radius 1 is 1.35 bits per heavy atom. The van der Waals surface area contributed by atoms with Gasteiger partial charge in [0.05, 0.1) is 5.71 Å². The van der Waals surface area contributed by atoms with Gasteiger partial charge in [0.15, 0.2) is 0 Å². The van der Waals surface area contributed by atoms with E-state index >= 15 is 0 Å². The van der Waals surface area contributed by atoms with Crippen LogP contribution in [-0.4, -0.2) is 12.3 Å². The lowest BCUT2D eigenvalue weighted by atomic mass is 9.72. The zero-order valence-corrected chi connectivity index (χ0v) is 11.7. The smallest absolute Gasteiger partial charge is 0.117 e. The molecular formula is C15H27NO. The summed E-state index contributed by atoms with van der Waals surface area (Å²) < 4.78 is 0. The zero-order chi connectivity index (χ0) is 12.7. The Kier molecular flexibility index (Phi) is 5.73. The topological polar surface area (TPSA) is 21.6 Å². The van der Waals surface area contributed by atoms with Crippen LogP contribution in [0.15, 0.2) is 17.8 Å². The lowest BCUT2D eigenvalue weighted by Gasteiger charge is -2.34. The predicted octanol–water partition coefficient (Wildman–Crippen LogP) is 4.56. The van der Waals surface area contributed by atoms with Crippen LogP contribution in [0.2, 0.25) is 0 Å². The van der Waals surface area contributed by atoms with Gasteiger partial charge in [0.1, 0.15) is 6.61 Å². The van der Waals surface area contributed by atoms with Crippen molar-refractivity contribution in [1.82, 2.24) is 0 Å². The molecule has 0 amide bonds. The third-order valence-electron chi connectivity index (χ3n) is 3.63. The van der Waals surface area contributed by atoms with Crippen LogP contribution in [0.1, 0.15) is 59.3 Å². The normalized spacial score (nSPS) is 21.1. The van der Waals surface area contributed by atoms with Crippen molar-refractivity contribution in [1.29, 1.82) is 0 Å². The van der Waals surface area contributed by atoms with Crippen molar-refractivity contribution < 1.29 is 4.84 Å². The summed E-state index contributed by atoms with van der Waals surface area (Å²) in [6.45, 7) is 11.4. The Hall–Kier alpha value is -0.790. The van der Waals surface area contributed by atoms with Crippen LogP contribution in [0, 0.1) is 11.3 Å². The number of unbranched alkanes of at least 4 members (excludes halogenated alkanes) is 1. The number of rotatable bonds is 5. The number of nitrogens with zero attached hydrogens (tertiary/aromatic N) is 1. The van der Waals surface area contributed by atoms with Crippen LogP contribution in [0.5, 0.6) is 0 Å². The summed E-state index contributed by atoms with van der Waals surface area (Å²) in [5.41, 5.74) is 1.69. The fourth-order valence-electron chi connectivity index (χ4n) is 2.34. The lowest BCUT2D eigenvalue weighted by molar-refractivity contribution is 0.137. The highest BCUT2D eigenvalue weighted by Gasteiger charge is 2.28. The molecule has 0 bridgehead atoms. The number of hydrogen-bond acceptors (Lipinski definition) is 2. The molecule has 0 aliphatic heterocycles. The molecule has 98 valence electrons. The highest BCUT2D eigenvalue weighted by molar-refractivity contribution is 5.84. The first-order chi connectivity index (χ1) is 8.04. The van der Waals surface area contributed by atoms with Gasteiger partial charge >= 0.3 is 0 Å². The molecule has 0 aromatic heterocycles. The molecule has 0 heterocycles. The van der Waals surface area contributed by atoms with Gasteiger partial charge in [-0.05, 0) is 49.9 Å². The molecule has 0 aromatic rings. The van der Waals surface area contributed by atoms with Gasteiger partial charge in [0, 0.05) is 0 Å². The molecule has 1 fully saturated rings. The summed E-state index contributed by atoms with van der Waals surface area (Å²) in [6, 6.07) is 0. The summed E-state index contributed by atoms with van der Waals surface area (Å²) in [5.74, 6) is 0.835. The molecule has 0 radical (unpaired) electrons. The van der Waals surface area contributed by atoms with Crippen LogP contribution in [0.25, 0.3) is 0 Å². The fourth-order valence-corrected chi connectivity index (χ4v) is 2.34. The highest BCUT2D eigenvalue weighted by atomic mass is 16.6. The first-order valence-electron chi connectivity index (χ1n) is 6.82. The van der Waals surface area contributed by atoms with Crippen molar-refractivity contribution in [3.8, 4) is 0 Å². The molecule has 1 aliphatic carbocycles. The molecular weight excluding hydrogens is 210 g/mol. The van der Waals surface area contributed by atoms with Gasteiger partial charge in [-0.1, -0.05) is 32.0 Å². The van der Waals surface area contributed by atoms with E-state index in [1.54, 1.807) is 0 Å². The molecule has 0 N–H and O–H groups in total. The molecule has 17 heavy (non-hydrogen) atoms. The van der Waals surface area contributed by atoms with E-state index in [1.165, 1.54) is 18.6 Å². The maximum absolute atomic E-state index is 5.34. The van der Waals surface area contributed by atoms with Gasteiger partial charge in [0.25, 0.3) is 0 Å². The molecule has 0 spiro atoms. The number of hydrogen-bond donors (Lipinski definition) is 0. The number of oxime groups is 1. The molecule has 0 saturated heterocycles. The SMILES string of the molecule is C=CCCCON=C1CCC(C(C)(C)C)CC1. The van der Waals surface area contributed by atoms with E-state index in [1.807, 2.05) is 6.08 Å². The Morgan fingerprint density at radius 3 is 2.53 bits per heavy atom. The maximum atomic E-state index is 5.34. The van der Waals surface area contributed by atoms with Gasteiger partial charge in [-0.2, -0.15) is 0 Å². The Labute approximate surface area is 106 Å². The minimum Gasteiger partial charge on any atom is -0.396 e. The molecule has 0 atom stereocenters. The summed E-state index contributed by atoms with van der Waals surface area (Å²) in [5, 5.41) is 4.25. The lowest BCUT2D eigenvalue weighted by Crippen LogP contribution is -2.26. The van der Waals surface area contributed by atoms with E-state index in [0.717, 1.165) is 38.2 Å². The van der Waals surface area contributed by atoms with E-state index in [9.17, 15) is 0 Å². The van der Waals surface area contributed by atoms with Crippen LogP contribution in [-0.2, 0) is 4.84 Å². The second kappa shape index (κ2) is 6.83. The molecule has 0 unspecified atom stereocenters. The van der Waals surface area contributed by atoms with Gasteiger partial charge in [-0.3, -0.25) is 0 Å². The predicted molar refractivity (Wildman–Crippen MR) is 74.2 cm³/mol. The van der Waals surface area contributed by atoms with Crippen molar-refractivity contribution in [2.75, 3.05) is 6.61 Å². The minimum absolute atomic E-state index is 0.441. The second-order valence-electron chi connectivity index (χ2n) is 6.06. The van der Waals surface area contributed by atoms with Crippen LogP contribution in [0.4, 0.5) is 0 Å². The molecule has 1 aliphatic rings. The van der Waals surface area contributed by atoms with Crippen molar-refractivity contribution in [2.24, 2.45) is 16.5 Å². The number of allylic oxidation sites excluding steroid dienone is 1.